The molecule has 7 nitrogen and oxygen atoms in total. The third-order valence-electron chi connectivity index (χ3n) is 5.00. The van der Waals surface area contributed by atoms with Gasteiger partial charge in [0.2, 0.25) is 4.96 Å². The molecule has 2 heterocycles. The number of amides is 1. The van der Waals surface area contributed by atoms with Crippen molar-refractivity contribution in [2.24, 2.45) is 0 Å². The van der Waals surface area contributed by atoms with Gasteiger partial charge in [0.25, 0.3) is 5.91 Å². The van der Waals surface area contributed by atoms with Crippen LogP contribution in [0.5, 0.6) is 5.75 Å². The average Bonchev–Trinajstić information content (AvgIpc) is 3.36. The van der Waals surface area contributed by atoms with E-state index in [1.54, 1.807) is 4.52 Å². The summed E-state index contributed by atoms with van der Waals surface area (Å²) in [5.74, 6) is 1.18. The number of anilines is 1. The van der Waals surface area contributed by atoms with Gasteiger partial charge in [-0.3, -0.25) is 4.79 Å². The predicted molar refractivity (Wildman–Crippen MR) is 122 cm³/mol. The van der Waals surface area contributed by atoms with Crippen molar-refractivity contribution in [3.05, 3.63) is 72.1 Å². The van der Waals surface area contributed by atoms with Crippen LogP contribution in [0.4, 0.5) is 5.69 Å². The van der Waals surface area contributed by atoms with Crippen molar-refractivity contribution in [1.82, 2.24) is 19.8 Å². The first-order valence-corrected chi connectivity index (χ1v) is 10.6. The minimum atomic E-state index is -0.220. The van der Waals surface area contributed by atoms with Crippen molar-refractivity contribution >= 4 is 38.7 Å². The summed E-state index contributed by atoms with van der Waals surface area (Å²) in [5.41, 5.74) is 2.60. The van der Waals surface area contributed by atoms with Crippen LogP contribution in [-0.4, -0.2) is 32.3 Å². The highest BCUT2D eigenvalue weighted by Crippen LogP contribution is 2.29. The number of carbonyl (C=O) groups excluding carboxylic acids is 1. The van der Waals surface area contributed by atoms with E-state index >= 15 is 0 Å². The Morgan fingerprint density at radius 3 is 2.71 bits per heavy atom. The Hall–Kier alpha value is -3.78. The fourth-order valence-electron chi connectivity index (χ4n) is 3.31. The minimum Gasteiger partial charge on any atom is -0.484 e. The quantitative estimate of drug-likeness (QED) is 0.440. The molecule has 8 heteroatoms. The lowest BCUT2D eigenvalue weighted by Crippen LogP contribution is -2.20. The van der Waals surface area contributed by atoms with Crippen molar-refractivity contribution in [2.75, 3.05) is 11.9 Å². The van der Waals surface area contributed by atoms with Gasteiger partial charge in [-0.2, -0.15) is 9.61 Å². The summed E-state index contributed by atoms with van der Waals surface area (Å²) in [4.78, 5) is 13.3. The molecule has 0 spiro atoms. The molecule has 0 aliphatic carbocycles. The van der Waals surface area contributed by atoms with Crippen LogP contribution in [-0.2, 0) is 4.79 Å². The van der Waals surface area contributed by atoms with Gasteiger partial charge in [-0.05, 0) is 48.4 Å². The summed E-state index contributed by atoms with van der Waals surface area (Å²) in [6, 6.07) is 19.7. The lowest BCUT2D eigenvalue weighted by atomic mass is 10.1. The van der Waals surface area contributed by atoms with Crippen LogP contribution >= 0.6 is 11.3 Å². The largest absolute Gasteiger partial charge is 0.484 e. The average molecular weight is 430 g/mol. The van der Waals surface area contributed by atoms with Gasteiger partial charge in [-0.25, -0.2) is 0 Å². The molecule has 0 saturated heterocycles. The first-order chi connectivity index (χ1) is 15.1. The fraction of sp³-hybridized carbons (Fsp3) is 0.130. The predicted octanol–water partition coefficient (Wildman–Crippen LogP) is 4.64. The number of fused-ring (bicyclic) bond motifs is 2. The first-order valence-electron chi connectivity index (χ1n) is 9.78. The number of hydrogen-bond acceptors (Lipinski definition) is 6. The molecule has 0 bridgehead atoms. The molecule has 154 valence electrons. The molecule has 0 radical (unpaired) electrons. The Balaban J connectivity index is 1.30. The maximum absolute atomic E-state index is 12.5. The van der Waals surface area contributed by atoms with E-state index in [2.05, 4.69) is 20.6 Å². The van der Waals surface area contributed by atoms with E-state index in [9.17, 15) is 4.79 Å². The lowest BCUT2D eigenvalue weighted by molar-refractivity contribution is -0.118. The van der Waals surface area contributed by atoms with Gasteiger partial charge in [-0.1, -0.05) is 53.8 Å². The molecule has 0 unspecified atom stereocenters. The van der Waals surface area contributed by atoms with Crippen LogP contribution in [0.1, 0.15) is 11.4 Å². The van der Waals surface area contributed by atoms with Crippen molar-refractivity contribution in [1.29, 1.82) is 0 Å². The molecular weight excluding hydrogens is 410 g/mol. The van der Waals surface area contributed by atoms with Gasteiger partial charge in [0.1, 0.15) is 10.8 Å². The van der Waals surface area contributed by atoms with E-state index in [4.69, 9.17) is 4.74 Å². The molecule has 5 rings (SSSR count). The zero-order valence-electron chi connectivity index (χ0n) is 17.0. The van der Waals surface area contributed by atoms with E-state index in [1.807, 2.05) is 74.5 Å². The van der Waals surface area contributed by atoms with E-state index in [-0.39, 0.29) is 12.5 Å². The summed E-state index contributed by atoms with van der Waals surface area (Å²) >= 11 is 1.45. The summed E-state index contributed by atoms with van der Waals surface area (Å²) in [6.45, 7) is 3.74. The summed E-state index contributed by atoms with van der Waals surface area (Å²) in [7, 11) is 0. The van der Waals surface area contributed by atoms with E-state index in [1.165, 1.54) is 11.3 Å². The Bertz CT molecular complexity index is 1420. The molecule has 1 amide bonds. The number of ether oxygens (including phenoxy) is 1. The molecule has 0 aliphatic rings. The van der Waals surface area contributed by atoms with Crippen LogP contribution in [0.15, 0.2) is 60.7 Å². The number of nitrogens with zero attached hydrogens (tertiary/aromatic N) is 4. The number of benzene rings is 3. The molecule has 0 atom stereocenters. The second-order valence-electron chi connectivity index (χ2n) is 7.22. The fourth-order valence-corrected chi connectivity index (χ4v) is 4.19. The second-order valence-corrected chi connectivity index (χ2v) is 8.18. The number of aryl methyl sites for hydroxylation is 2. The number of hydrogen-bond donors (Lipinski definition) is 1. The molecule has 0 saturated carbocycles. The van der Waals surface area contributed by atoms with Crippen molar-refractivity contribution in [3.8, 4) is 16.3 Å². The van der Waals surface area contributed by atoms with Crippen LogP contribution in [0.25, 0.3) is 26.3 Å². The van der Waals surface area contributed by atoms with Crippen LogP contribution < -0.4 is 10.1 Å². The molecule has 2 aromatic heterocycles. The van der Waals surface area contributed by atoms with E-state index < -0.39 is 0 Å². The Morgan fingerprint density at radius 1 is 1.03 bits per heavy atom. The molecule has 0 aliphatic heterocycles. The van der Waals surface area contributed by atoms with E-state index in [0.717, 1.165) is 43.4 Å². The normalized spacial score (nSPS) is 11.2. The third-order valence-corrected chi connectivity index (χ3v) is 5.94. The Labute approximate surface area is 182 Å². The highest BCUT2D eigenvalue weighted by Gasteiger charge is 2.13. The zero-order valence-corrected chi connectivity index (χ0v) is 17.8. The maximum atomic E-state index is 12.5. The van der Waals surface area contributed by atoms with Gasteiger partial charge in [0.05, 0.1) is 0 Å². The zero-order chi connectivity index (χ0) is 21.4. The number of nitrogens with one attached hydrogen (secondary N) is 1. The van der Waals surface area contributed by atoms with Crippen molar-refractivity contribution < 1.29 is 9.53 Å². The standard InChI is InChI=1S/C23H19N5O2S/c1-14-7-8-18(22-27-28-15(2)25-26-23(28)31-22)12-20(14)24-21(29)13-30-19-10-9-16-5-3-4-6-17(16)11-19/h3-12H,13H2,1-2H3,(H,24,29). The van der Waals surface area contributed by atoms with Gasteiger partial charge < -0.3 is 10.1 Å². The topological polar surface area (TPSA) is 81.4 Å². The highest BCUT2D eigenvalue weighted by atomic mass is 32.1. The van der Waals surface area contributed by atoms with Crippen LogP contribution in [0, 0.1) is 13.8 Å². The highest BCUT2D eigenvalue weighted by molar-refractivity contribution is 7.19. The SMILES string of the molecule is Cc1ccc(-c2nn3c(C)nnc3s2)cc1NC(=O)COc1ccc2ccccc2c1. The summed E-state index contributed by atoms with van der Waals surface area (Å²) < 4.78 is 7.42. The molecule has 5 aromatic rings. The van der Waals surface area contributed by atoms with Gasteiger partial charge in [-0.15, -0.1) is 10.2 Å². The van der Waals surface area contributed by atoms with Crippen molar-refractivity contribution in [3.63, 3.8) is 0 Å². The molecular formula is C23H19N5O2S. The molecule has 0 fully saturated rings. The number of aromatic nitrogens is 4. The Kier molecular flexibility index (Phi) is 4.83. The smallest absolute Gasteiger partial charge is 0.262 e. The monoisotopic (exact) mass is 429 g/mol. The summed E-state index contributed by atoms with van der Waals surface area (Å²) in [5, 5.41) is 18.7. The molecule has 3 aromatic carbocycles. The number of carbonyl (C=O) groups is 1. The number of rotatable bonds is 5. The molecule has 31 heavy (non-hydrogen) atoms. The van der Waals surface area contributed by atoms with Gasteiger partial charge in [0.15, 0.2) is 12.4 Å². The lowest BCUT2D eigenvalue weighted by Gasteiger charge is -2.11. The molecule has 1 N–H and O–H groups in total. The second kappa shape index (κ2) is 7.81. The van der Waals surface area contributed by atoms with E-state index in [0.29, 0.717) is 5.75 Å². The van der Waals surface area contributed by atoms with Gasteiger partial charge >= 0.3 is 0 Å². The van der Waals surface area contributed by atoms with Crippen LogP contribution in [0.2, 0.25) is 0 Å². The van der Waals surface area contributed by atoms with Crippen molar-refractivity contribution in [2.45, 2.75) is 13.8 Å². The third kappa shape index (κ3) is 3.85. The van der Waals surface area contributed by atoms with Gasteiger partial charge in [0, 0.05) is 11.3 Å². The summed E-state index contributed by atoms with van der Waals surface area (Å²) in [6.07, 6.45) is 0. The maximum Gasteiger partial charge on any atom is 0.262 e. The van der Waals surface area contributed by atoms with Crippen LogP contribution in [0.3, 0.4) is 0 Å². The first kappa shape index (κ1) is 19.2. The minimum absolute atomic E-state index is 0.0715. The Morgan fingerprint density at radius 2 is 1.87 bits per heavy atom.